The van der Waals surface area contributed by atoms with Gasteiger partial charge in [-0.3, -0.25) is 0 Å². The predicted molar refractivity (Wildman–Crippen MR) is 58.5 cm³/mol. The van der Waals surface area contributed by atoms with Crippen molar-refractivity contribution < 1.29 is 0 Å². The van der Waals surface area contributed by atoms with E-state index in [0.29, 0.717) is 0 Å². The zero-order valence-electron chi connectivity index (χ0n) is 9.78. The van der Waals surface area contributed by atoms with Crippen LogP contribution in [-0.2, 0) is 0 Å². The summed E-state index contributed by atoms with van der Waals surface area (Å²) >= 11 is 0. The molecule has 0 aromatic rings. The lowest BCUT2D eigenvalue weighted by Gasteiger charge is -2.25. The van der Waals surface area contributed by atoms with Gasteiger partial charge in [0.2, 0.25) is 0 Å². The first-order valence-corrected chi connectivity index (χ1v) is 5.51. The van der Waals surface area contributed by atoms with Gasteiger partial charge in [0.1, 0.15) is 0 Å². The number of hydrogen-bond acceptors (Lipinski definition) is 1. The van der Waals surface area contributed by atoms with Crippen molar-refractivity contribution in [3.05, 3.63) is 0 Å². The van der Waals surface area contributed by atoms with E-state index < -0.39 is 0 Å². The maximum Gasteiger partial charge on any atom is -0.00206 e. The van der Waals surface area contributed by atoms with Crippen LogP contribution < -0.4 is 5.32 Å². The third-order valence-electron chi connectivity index (χ3n) is 2.21. The number of rotatable bonds is 0. The summed E-state index contributed by atoms with van der Waals surface area (Å²) < 4.78 is 0. The van der Waals surface area contributed by atoms with Gasteiger partial charge in [-0.2, -0.15) is 0 Å². The fraction of sp³-hybridized carbons (Fsp3) is 1.00. The van der Waals surface area contributed by atoms with Crippen LogP contribution >= 0.6 is 0 Å². The Hall–Kier alpha value is -0.0400. The Bertz CT molecular complexity index is 61.4. The van der Waals surface area contributed by atoms with Gasteiger partial charge in [-0.1, -0.05) is 41.5 Å². The average molecular weight is 173 g/mol. The highest BCUT2D eigenvalue weighted by atomic mass is 14.9. The van der Waals surface area contributed by atoms with Crippen molar-refractivity contribution in [2.75, 3.05) is 13.1 Å². The Morgan fingerprint density at radius 1 is 0.917 bits per heavy atom. The largest absolute Gasteiger partial charge is 0.316 e. The molecular weight excluding hydrogens is 146 g/mol. The van der Waals surface area contributed by atoms with Crippen LogP contribution in [0.3, 0.4) is 0 Å². The third-order valence-corrected chi connectivity index (χ3v) is 2.21. The van der Waals surface area contributed by atoms with E-state index in [0.717, 1.165) is 11.8 Å². The van der Waals surface area contributed by atoms with Gasteiger partial charge in [-0.05, 0) is 31.3 Å². The molecule has 1 aliphatic heterocycles. The summed E-state index contributed by atoms with van der Waals surface area (Å²) in [7, 11) is 0. The number of piperidine rings is 1. The SMILES string of the molecule is CC.CC.CC1CCNCC1C. The van der Waals surface area contributed by atoms with Crippen LogP contribution in [0.2, 0.25) is 0 Å². The molecular formula is C11H27N. The molecule has 1 heteroatoms. The van der Waals surface area contributed by atoms with Crippen LogP contribution in [0, 0.1) is 11.8 Å². The van der Waals surface area contributed by atoms with Gasteiger partial charge >= 0.3 is 0 Å². The summed E-state index contributed by atoms with van der Waals surface area (Å²) in [6.45, 7) is 15.1. The molecule has 0 aromatic carbocycles. The fourth-order valence-electron chi connectivity index (χ4n) is 1.15. The van der Waals surface area contributed by atoms with Gasteiger partial charge in [-0.25, -0.2) is 0 Å². The molecule has 0 aliphatic carbocycles. The molecule has 12 heavy (non-hydrogen) atoms. The normalized spacial score (nSPS) is 27.5. The first-order chi connectivity index (χ1) is 5.80. The summed E-state index contributed by atoms with van der Waals surface area (Å²) in [5.74, 6) is 1.83. The van der Waals surface area contributed by atoms with E-state index >= 15 is 0 Å². The monoisotopic (exact) mass is 173 g/mol. The standard InChI is InChI=1S/C7H15N.2C2H6/c1-6-3-4-8-5-7(6)2;2*1-2/h6-8H,3-5H2,1-2H3;2*1-2H3. The maximum absolute atomic E-state index is 3.36. The summed E-state index contributed by atoms with van der Waals surface area (Å²) in [6.07, 6.45) is 1.36. The van der Waals surface area contributed by atoms with E-state index in [1.807, 2.05) is 27.7 Å². The molecule has 1 saturated heterocycles. The molecule has 1 heterocycles. The quantitative estimate of drug-likeness (QED) is 0.592. The molecule has 0 saturated carbocycles. The van der Waals surface area contributed by atoms with Crippen LogP contribution in [0.4, 0.5) is 0 Å². The average Bonchev–Trinajstić information content (AvgIpc) is 2.17. The minimum absolute atomic E-state index is 0.892. The molecule has 0 radical (unpaired) electrons. The summed E-state index contributed by atoms with van der Waals surface area (Å²) in [6, 6.07) is 0. The van der Waals surface area contributed by atoms with Gasteiger partial charge in [0.25, 0.3) is 0 Å². The van der Waals surface area contributed by atoms with E-state index in [2.05, 4.69) is 19.2 Å². The summed E-state index contributed by atoms with van der Waals surface area (Å²) in [5.41, 5.74) is 0. The van der Waals surface area contributed by atoms with Gasteiger partial charge in [0.15, 0.2) is 0 Å². The van der Waals surface area contributed by atoms with Crippen molar-refractivity contribution in [3.8, 4) is 0 Å². The van der Waals surface area contributed by atoms with Crippen LogP contribution in [0.25, 0.3) is 0 Å². The highest BCUT2D eigenvalue weighted by molar-refractivity contribution is 4.70. The van der Waals surface area contributed by atoms with Crippen LogP contribution in [0.15, 0.2) is 0 Å². The minimum atomic E-state index is 0.892. The Labute approximate surface area is 78.9 Å². The molecule has 1 N–H and O–H groups in total. The smallest absolute Gasteiger partial charge is 0.00206 e. The van der Waals surface area contributed by atoms with E-state index in [-0.39, 0.29) is 0 Å². The molecule has 2 atom stereocenters. The van der Waals surface area contributed by atoms with E-state index in [1.54, 1.807) is 0 Å². The van der Waals surface area contributed by atoms with Crippen molar-refractivity contribution >= 4 is 0 Å². The van der Waals surface area contributed by atoms with Crippen molar-refractivity contribution in [3.63, 3.8) is 0 Å². The van der Waals surface area contributed by atoms with Gasteiger partial charge in [0, 0.05) is 0 Å². The van der Waals surface area contributed by atoms with Crippen LogP contribution in [-0.4, -0.2) is 13.1 Å². The van der Waals surface area contributed by atoms with Crippen LogP contribution in [0.1, 0.15) is 48.0 Å². The highest BCUT2D eigenvalue weighted by Gasteiger charge is 2.14. The molecule has 1 rings (SSSR count). The minimum Gasteiger partial charge on any atom is -0.316 e. The third kappa shape index (κ3) is 6.66. The zero-order chi connectivity index (χ0) is 9.98. The summed E-state index contributed by atoms with van der Waals surface area (Å²) in [4.78, 5) is 0. The Balaban J connectivity index is 0. The molecule has 2 unspecified atom stereocenters. The van der Waals surface area contributed by atoms with Gasteiger partial charge in [-0.15, -0.1) is 0 Å². The van der Waals surface area contributed by atoms with Gasteiger partial charge < -0.3 is 5.32 Å². The Kier molecular flexibility index (Phi) is 13.2. The molecule has 1 aliphatic rings. The topological polar surface area (TPSA) is 12.0 Å². The van der Waals surface area contributed by atoms with E-state index in [4.69, 9.17) is 0 Å². The van der Waals surface area contributed by atoms with Crippen LogP contribution in [0.5, 0.6) is 0 Å². The van der Waals surface area contributed by atoms with Crippen molar-refractivity contribution in [2.45, 2.75) is 48.0 Å². The predicted octanol–water partition coefficient (Wildman–Crippen LogP) is 3.30. The lowest BCUT2D eigenvalue weighted by Crippen LogP contribution is -2.33. The maximum atomic E-state index is 3.36. The molecule has 76 valence electrons. The molecule has 0 aromatic heterocycles. The summed E-state index contributed by atoms with van der Waals surface area (Å²) in [5, 5.41) is 3.36. The Morgan fingerprint density at radius 3 is 1.67 bits per heavy atom. The molecule has 0 amide bonds. The Morgan fingerprint density at radius 2 is 1.42 bits per heavy atom. The fourth-order valence-corrected chi connectivity index (χ4v) is 1.15. The second kappa shape index (κ2) is 11.0. The van der Waals surface area contributed by atoms with Crippen molar-refractivity contribution in [2.24, 2.45) is 11.8 Å². The first kappa shape index (κ1) is 14.5. The molecule has 1 fully saturated rings. The van der Waals surface area contributed by atoms with Crippen molar-refractivity contribution in [1.82, 2.24) is 5.32 Å². The van der Waals surface area contributed by atoms with E-state index in [1.165, 1.54) is 19.5 Å². The lowest BCUT2D eigenvalue weighted by molar-refractivity contribution is 0.295. The zero-order valence-corrected chi connectivity index (χ0v) is 9.78. The highest BCUT2D eigenvalue weighted by Crippen LogP contribution is 2.16. The first-order valence-electron chi connectivity index (χ1n) is 5.51. The number of hydrogen-bond donors (Lipinski definition) is 1. The number of nitrogens with one attached hydrogen (secondary N) is 1. The molecule has 0 bridgehead atoms. The second-order valence-corrected chi connectivity index (χ2v) is 2.95. The second-order valence-electron chi connectivity index (χ2n) is 2.95. The lowest BCUT2D eigenvalue weighted by atomic mass is 9.90. The molecule has 1 nitrogen and oxygen atoms in total. The van der Waals surface area contributed by atoms with Crippen molar-refractivity contribution in [1.29, 1.82) is 0 Å². The van der Waals surface area contributed by atoms with Gasteiger partial charge in [0.05, 0.1) is 0 Å². The van der Waals surface area contributed by atoms with E-state index in [9.17, 15) is 0 Å². The molecule has 0 spiro atoms.